The van der Waals surface area contributed by atoms with Crippen LogP contribution in [0.2, 0.25) is 0 Å². The maximum atomic E-state index is 12.7. The van der Waals surface area contributed by atoms with Crippen LogP contribution in [0.1, 0.15) is 18.5 Å². The topological polar surface area (TPSA) is 84.6 Å². The molecule has 1 atom stereocenters. The molecule has 2 fully saturated rings. The summed E-state index contributed by atoms with van der Waals surface area (Å²) in [5.74, 6) is 1.39. The van der Waals surface area contributed by atoms with Crippen molar-refractivity contribution in [2.24, 2.45) is 5.92 Å². The number of carbonyl (C=O) groups is 1. The van der Waals surface area contributed by atoms with Gasteiger partial charge in [-0.2, -0.15) is 4.98 Å². The Morgan fingerprint density at radius 2 is 2.09 bits per heavy atom. The molecule has 1 aromatic heterocycles. The van der Waals surface area contributed by atoms with E-state index >= 15 is 0 Å². The first kappa shape index (κ1) is 15.0. The smallest absolute Gasteiger partial charge is 0.227 e. The Hall–Kier alpha value is -1.89. The number of carbonyl (C=O) groups excluding carboxylic acids is 1. The molecule has 0 spiro atoms. The lowest BCUT2D eigenvalue weighted by Gasteiger charge is -2.36. The van der Waals surface area contributed by atoms with Crippen molar-refractivity contribution in [1.82, 2.24) is 14.9 Å². The van der Waals surface area contributed by atoms with Gasteiger partial charge in [-0.3, -0.25) is 4.79 Å². The number of aromatic nitrogens is 2. The molecule has 0 saturated carbocycles. The van der Waals surface area contributed by atoms with Crippen LogP contribution in [0.4, 0.5) is 11.8 Å². The second-order valence-electron chi connectivity index (χ2n) is 5.95. The SMILES string of the molecule is Cc1cc(N2CCC[C@@H](C(=O)N3CCOCC3)C2)nc(N)n1. The van der Waals surface area contributed by atoms with Crippen molar-refractivity contribution < 1.29 is 9.53 Å². The minimum Gasteiger partial charge on any atom is -0.378 e. The van der Waals surface area contributed by atoms with Crippen LogP contribution in [0.5, 0.6) is 0 Å². The zero-order valence-electron chi connectivity index (χ0n) is 13.0. The fraction of sp³-hybridized carbons (Fsp3) is 0.667. The number of amides is 1. The molecule has 120 valence electrons. The Balaban J connectivity index is 1.69. The number of ether oxygens (including phenoxy) is 1. The fourth-order valence-electron chi connectivity index (χ4n) is 3.17. The van der Waals surface area contributed by atoms with E-state index in [9.17, 15) is 4.79 Å². The number of aryl methyl sites for hydroxylation is 1. The lowest BCUT2D eigenvalue weighted by atomic mass is 9.96. The number of nitrogen functional groups attached to an aromatic ring is 1. The van der Waals surface area contributed by atoms with Gasteiger partial charge < -0.3 is 20.3 Å². The minimum absolute atomic E-state index is 0.0309. The molecular formula is C15H23N5O2. The highest BCUT2D eigenvalue weighted by Gasteiger charge is 2.30. The van der Waals surface area contributed by atoms with E-state index in [-0.39, 0.29) is 17.8 Å². The van der Waals surface area contributed by atoms with E-state index in [1.165, 1.54) is 0 Å². The van der Waals surface area contributed by atoms with Gasteiger partial charge in [0.1, 0.15) is 5.82 Å². The summed E-state index contributed by atoms with van der Waals surface area (Å²) in [6, 6.07) is 1.93. The number of nitrogens with two attached hydrogens (primary N) is 1. The molecule has 2 aliphatic heterocycles. The first-order valence-electron chi connectivity index (χ1n) is 7.86. The van der Waals surface area contributed by atoms with Crippen LogP contribution in [-0.2, 0) is 9.53 Å². The van der Waals surface area contributed by atoms with Gasteiger partial charge in [0.25, 0.3) is 0 Å². The van der Waals surface area contributed by atoms with E-state index in [2.05, 4.69) is 14.9 Å². The van der Waals surface area contributed by atoms with Crippen LogP contribution in [0.15, 0.2) is 6.07 Å². The molecule has 0 unspecified atom stereocenters. The lowest BCUT2D eigenvalue weighted by molar-refractivity contribution is -0.139. The van der Waals surface area contributed by atoms with Crippen LogP contribution >= 0.6 is 0 Å². The number of nitrogens with zero attached hydrogens (tertiary/aromatic N) is 4. The second-order valence-corrected chi connectivity index (χ2v) is 5.95. The van der Waals surface area contributed by atoms with Crippen molar-refractivity contribution in [2.45, 2.75) is 19.8 Å². The van der Waals surface area contributed by atoms with Crippen molar-refractivity contribution in [3.05, 3.63) is 11.8 Å². The molecule has 3 heterocycles. The molecule has 7 nitrogen and oxygen atoms in total. The summed E-state index contributed by atoms with van der Waals surface area (Å²) in [4.78, 5) is 25.1. The Kier molecular flexibility index (Phi) is 4.42. The molecule has 22 heavy (non-hydrogen) atoms. The maximum Gasteiger partial charge on any atom is 0.227 e. The van der Waals surface area contributed by atoms with Crippen molar-refractivity contribution in [2.75, 3.05) is 50.0 Å². The molecule has 0 aliphatic carbocycles. The maximum absolute atomic E-state index is 12.7. The van der Waals surface area contributed by atoms with E-state index in [0.29, 0.717) is 32.8 Å². The summed E-state index contributed by atoms with van der Waals surface area (Å²) in [5.41, 5.74) is 6.59. The monoisotopic (exact) mass is 305 g/mol. The number of anilines is 2. The molecule has 1 amide bonds. The van der Waals surface area contributed by atoms with Crippen molar-refractivity contribution in [3.63, 3.8) is 0 Å². The zero-order chi connectivity index (χ0) is 15.5. The summed E-state index contributed by atoms with van der Waals surface area (Å²) >= 11 is 0. The van der Waals surface area contributed by atoms with Gasteiger partial charge in [0.05, 0.1) is 19.1 Å². The van der Waals surface area contributed by atoms with Crippen molar-refractivity contribution >= 4 is 17.7 Å². The predicted octanol–water partition coefficient (Wildman–Crippen LogP) is 0.442. The zero-order valence-corrected chi connectivity index (χ0v) is 13.0. The highest BCUT2D eigenvalue weighted by Crippen LogP contribution is 2.24. The van der Waals surface area contributed by atoms with Gasteiger partial charge in [-0.1, -0.05) is 0 Å². The van der Waals surface area contributed by atoms with Crippen molar-refractivity contribution in [1.29, 1.82) is 0 Å². The standard InChI is InChI=1S/C15H23N5O2/c1-11-9-13(18-15(16)17-11)20-4-2-3-12(10-20)14(21)19-5-7-22-8-6-19/h9,12H,2-8,10H2,1H3,(H2,16,17,18)/t12-/m1/s1. The number of hydrogen-bond donors (Lipinski definition) is 1. The molecule has 2 aliphatic rings. The van der Waals surface area contributed by atoms with Crippen molar-refractivity contribution in [3.8, 4) is 0 Å². The number of piperidine rings is 1. The summed E-state index contributed by atoms with van der Waals surface area (Å²) in [6.45, 7) is 6.20. The van der Waals surface area contributed by atoms with Crippen LogP contribution < -0.4 is 10.6 Å². The average Bonchev–Trinajstić information content (AvgIpc) is 2.54. The van der Waals surface area contributed by atoms with Crippen LogP contribution in [0.3, 0.4) is 0 Å². The van der Waals surface area contributed by atoms with Gasteiger partial charge in [0, 0.05) is 37.9 Å². The van der Waals surface area contributed by atoms with Gasteiger partial charge in [0.2, 0.25) is 11.9 Å². The third kappa shape index (κ3) is 3.30. The van der Waals surface area contributed by atoms with Gasteiger partial charge in [-0.05, 0) is 19.8 Å². The van der Waals surface area contributed by atoms with Gasteiger partial charge >= 0.3 is 0 Å². The molecule has 0 radical (unpaired) electrons. The highest BCUT2D eigenvalue weighted by molar-refractivity contribution is 5.79. The van der Waals surface area contributed by atoms with E-state index in [1.54, 1.807) is 0 Å². The van der Waals surface area contributed by atoms with Crippen LogP contribution in [0, 0.1) is 12.8 Å². The lowest BCUT2D eigenvalue weighted by Crippen LogP contribution is -2.48. The summed E-state index contributed by atoms with van der Waals surface area (Å²) < 4.78 is 5.32. The van der Waals surface area contributed by atoms with Gasteiger partial charge in [-0.25, -0.2) is 4.98 Å². The Labute approximate surface area is 130 Å². The van der Waals surface area contributed by atoms with Gasteiger partial charge in [0.15, 0.2) is 0 Å². The Morgan fingerprint density at radius 3 is 2.82 bits per heavy atom. The fourth-order valence-corrected chi connectivity index (χ4v) is 3.17. The van der Waals surface area contributed by atoms with Gasteiger partial charge in [-0.15, -0.1) is 0 Å². The van der Waals surface area contributed by atoms with E-state index in [0.717, 1.165) is 30.9 Å². The molecule has 7 heteroatoms. The third-order valence-corrected chi connectivity index (χ3v) is 4.28. The van der Waals surface area contributed by atoms with E-state index in [1.807, 2.05) is 17.9 Å². The quantitative estimate of drug-likeness (QED) is 0.853. The molecule has 2 saturated heterocycles. The highest BCUT2D eigenvalue weighted by atomic mass is 16.5. The molecule has 3 rings (SSSR count). The molecule has 2 N–H and O–H groups in total. The first-order valence-corrected chi connectivity index (χ1v) is 7.86. The number of morpholine rings is 1. The second kappa shape index (κ2) is 6.48. The summed E-state index contributed by atoms with van der Waals surface area (Å²) in [6.07, 6.45) is 1.93. The molecule has 1 aromatic rings. The molecule has 0 aromatic carbocycles. The predicted molar refractivity (Wildman–Crippen MR) is 83.5 cm³/mol. The molecule has 0 bridgehead atoms. The summed E-state index contributed by atoms with van der Waals surface area (Å²) in [7, 11) is 0. The minimum atomic E-state index is 0.0309. The Morgan fingerprint density at radius 1 is 1.32 bits per heavy atom. The normalized spacial score (nSPS) is 22.7. The summed E-state index contributed by atoms with van der Waals surface area (Å²) in [5, 5.41) is 0. The number of hydrogen-bond acceptors (Lipinski definition) is 6. The largest absolute Gasteiger partial charge is 0.378 e. The van der Waals surface area contributed by atoms with Crippen LogP contribution in [-0.4, -0.2) is 60.2 Å². The Bertz CT molecular complexity index is 524. The van der Waals surface area contributed by atoms with Crippen LogP contribution in [0.25, 0.3) is 0 Å². The van der Waals surface area contributed by atoms with E-state index < -0.39 is 0 Å². The number of rotatable bonds is 2. The molecular weight excluding hydrogens is 282 g/mol. The van der Waals surface area contributed by atoms with E-state index in [4.69, 9.17) is 10.5 Å². The third-order valence-electron chi connectivity index (χ3n) is 4.28. The average molecular weight is 305 g/mol. The first-order chi connectivity index (χ1) is 10.6.